The van der Waals surface area contributed by atoms with Crippen LogP contribution in [0, 0.1) is 0 Å². The van der Waals surface area contributed by atoms with Crippen molar-refractivity contribution in [1.82, 2.24) is 0 Å². The molecular weight excluding hydrogens is 216 g/mol. The first-order valence-corrected chi connectivity index (χ1v) is 7.56. The Morgan fingerprint density at radius 3 is 2.00 bits per heavy atom. The quantitative estimate of drug-likeness (QED) is 0.320. The van der Waals surface area contributed by atoms with Gasteiger partial charge in [0.1, 0.15) is 0 Å². The fraction of sp³-hybridized carbons (Fsp3) is 0.556. The Hall–Kier alpha value is -1.04. The van der Waals surface area contributed by atoms with Gasteiger partial charge >= 0.3 is 0 Å². The van der Waals surface area contributed by atoms with E-state index in [1.54, 1.807) is 5.57 Å². The molecule has 1 rings (SSSR count). The fourth-order valence-corrected chi connectivity index (χ4v) is 1.78. The van der Waals surface area contributed by atoms with Crippen LogP contribution in [-0.2, 0) is 0 Å². The summed E-state index contributed by atoms with van der Waals surface area (Å²) in [5.74, 6) is 0. The lowest BCUT2D eigenvalue weighted by atomic mass is 10.2. The van der Waals surface area contributed by atoms with Crippen LogP contribution in [0.3, 0.4) is 0 Å². The fourth-order valence-electron chi connectivity index (χ4n) is 1.78. The summed E-state index contributed by atoms with van der Waals surface area (Å²) < 4.78 is 0. The van der Waals surface area contributed by atoms with Crippen molar-refractivity contribution in [3.05, 3.63) is 48.1 Å². The Bertz CT molecular complexity index is 296. The summed E-state index contributed by atoms with van der Waals surface area (Å²) in [4.78, 5) is 0. The Morgan fingerprint density at radius 1 is 0.778 bits per heavy atom. The molecular formula is C18H28. The number of allylic oxidation sites excluding steroid dienone is 8. The van der Waals surface area contributed by atoms with Crippen molar-refractivity contribution < 1.29 is 0 Å². The number of rotatable bonds is 10. The average Bonchev–Trinajstić information content (AvgIpc) is 3.19. The molecule has 0 nitrogen and oxygen atoms in total. The molecule has 1 saturated carbocycles. The second kappa shape index (κ2) is 11.1. The van der Waals surface area contributed by atoms with Crippen LogP contribution >= 0.6 is 0 Å². The van der Waals surface area contributed by atoms with Crippen molar-refractivity contribution in [3.8, 4) is 0 Å². The van der Waals surface area contributed by atoms with E-state index >= 15 is 0 Å². The molecule has 0 aromatic rings. The van der Waals surface area contributed by atoms with Crippen LogP contribution in [0.4, 0.5) is 0 Å². The Labute approximate surface area is 113 Å². The highest BCUT2D eigenvalue weighted by atomic mass is 14.1. The first-order valence-electron chi connectivity index (χ1n) is 7.56. The molecule has 0 aromatic heterocycles. The standard InChI is InChI=1S/C18H28/c1-2-3-4-5-6-7-8-9-10-11-12-13-14-15-18-16-17-18/h6-7,9-10,12-13,15H,2-5,8,11,14,16-17H2,1H3. The molecule has 0 aliphatic heterocycles. The van der Waals surface area contributed by atoms with Gasteiger partial charge < -0.3 is 0 Å². The lowest BCUT2D eigenvalue weighted by molar-refractivity contribution is 0.728. The third-order valence-electron chi connectivity index (χ3n) is 3.10. The Balaban J connectivity index is 1.88. The summed E-state index contributed by atoms with van der Waals surface area (Å²) >= 11 is 0. The van der Waals surface area contributed by atoms with E-state index in [0.29, 0.717) is 0 Å². The average molecular weight is 244 g/mol. The molecule has 1 aliphatic carbocycles. The molecule has 0 heterocycles. The van der Waals surface area contributed by atoms with Crippen molar-refractivity contribution in [2.45, 2.75) is 64.7 Å². The van der Waals surface area contributed by atoms with Crippen molar-refractivity contribution in [1.29, 1.82) is 0 Å². The molecule has 0 N–H and O–H groups in total. The van der Waals surface area contributed by atoms with Gasteiger partial charge in [0.25, 0.3) is 0 Å². The van der Waals surface area contributed by atoms with Crippen LogP contribution in [0.5, 0.6) is 0 Å². The van der Waals surface area contributed by atoms with Crippen molar-refractivity contribution in [3.63, 3.8) is 0 Å². The van der Waals surface area contributed by atoms with E-state index in [-0.39, 0.29) is 0 Å². The molecule has 0 radical (unpaired) electrons. The molecule has 0 amide bonds. The van der Waals surface area contributed by atoms with Gasteiger partial charge in [-0.3, -0.25) is 0 Å². The van der Waals surface area contributed by atoms with Gasteiger partial charge in [-0.2, -0.15) is 0 Å². The molecule has 18 heavy (non-hydrogen) atoms. The maximum absolute atomic E-state index is 2.36. The molecule has 0 heteroatoms. The molecule has 1 fully saturated rings. The normalized spacial score (nSPS) is 15.3. The second-order valence-corrected chi connectivity index (χ2v) is 4.98. The van der Waals surface area contributed by atoms with Crippen LogP contribution in [-0.4, -0.2) is 0 Å². The van der Waals surface area contributed by atoms with E-state index in [1.807, 2.05) is 0 Å². The predicted molar refractivity (Wildman–Crippen MR) is 82.7 cm³/mol. The maximum atomic E-state index is 2.36. The summed E-state index contributed by atoms with van der Waals surface area (Å²) in [5, 5.41) is 0. The minimum absolute atomic E-state index is 1.08. The van der Waals surface area contributed by atoms with Crippen LogP contribution < -0.4 is 0 Å². The van der Waals surface area contributed by atoms with Crippen molar-refractivity contribution in [2.24, 2.45) is 0 Å². The highest BCUT2D eigenvalue weighted by molar-refractivity contribution is 5.17. The molecule has 0 atom stereocenters. The van der Waals surface area contributed by atoms with Gasteiger partial charge in [0, 0.05) is 0 Å². The number of unbranched alkanes of at least 4 members (excludes halogenated alkanes) is 3. The monoisotopic (exact) mass is 244 g/mol. The predicted octanol–water partition coefficient (Wildman–Crippen LogP) is 6.13. The SMILES string of the molecule is CCCCCC=CCC=CCC=CCC=C1CC1. The minimum Gasteiger partial charge on any atom is -0.0882 e. The largest absolute Gasteiger partial charge is 0.0882 e. The summed E-state index contributed by atoms with van der Waals surface area (Å²) in [6.45, 7) is 2.25. The smallest absolute Gasteiger partial charge is 0.0166 e. The summed E-state index contributed by atoms with van der Waals surface area (Å²) in [6, 6.07) is 0. The highest BCUT2D eigenvalue weighted by Crippen LogP contribution is 2.27. The Morgan fingerprint density at radius 2 is 1.39 bits per heavy atom. The van der Waals surface area contributed by atoms with Gasteiger partial charge in [-0.15, -0.1) is 0 Å². The van der Waals surface area contributed by atoms with Gasteiger partial charge in [0.2, 0.25) is 0 Å². The van der Waals surface area contributed by atoms with Crippen LogP contribution in [0.2, 0.25) is 0 Å². The summed E-state index contributed by atoms with van der Waals surface area (Å²) in [5.41, 5.74) is 1.64. The van der Waals surface area contributed by atoms with Crippen LogP contribution in [0.1, 0.15) is 64.7 Å². The topological polar surface area (TPSA) is 0 Å². The third kappa shape index (κ3) is 10.1. The van der Waals surface area contributed by atoms with Gasteiger partial charge in [-0.25, -0.2) is 0 Å². The number of hydrogen-bond donors (Lipinski definition) is 0. The second-order valence-electron chi connectivity index (χ2n) is 4.98. The molecule has 0 spiro atoms. The third-order valence-corrected chi connectivity index (χ3v) is 3.10. The summed E-state index contributed by atoms with van der Waals surface area (Å²) in [7, 11) is 0. The van der Waals surface area contributed by atoms with Crippen LogP contribution in [0.15, 0.2) is 48.1 Å². The van der Waals surface area contributed by atoms with E-state index in [9.17, 15) is 0 Å². The highest BCUT2D eigenvalue weighted by Gasteiger charge is 2.08. The number of hydrogen-bond acceptors (Lipinski definition) is 0. The molecule has 0 saturated heterocycles. The molecule has 0 aromatic carbocycles. The van der Waals surface area contributed by atoms with Crippen molar-refractivity contribution >= 4 is 0 Å². The summed E-state index contributed by atoms with van der Waals surface area (Å²) in [6.07, 6.45) is 27.3. The first kappa shape index (κ1) is 15.0. The zero-order valence-electron chi connectivity index (χ0n) is 11.9. The Kier molecular flexibility index (Phi) is 9.24. The van der Waals surface area contributed by atoms with E-state index in [0.717, 1.165) is 19.3 Å². The lowest BCUT2D eigenvalue weighted by Gasteiger charge is -1.90. The van der Waals surface area contributed by atoms with E-state index < -0.39 is 0 Å². The molecule has 0 bridgehead atoms. The van der Waals surface area contributed by atoms with Gasteiger partial charge in [0.15, 0.2) is 0 Å². The minimum atomic E-state index is 1.08. The first-order chi connectivity index (χ1) is 8.93. The van der Waals surface area contributed by atoms with Gasteiger partial charge in [0.05, 0.1) is 0 Å². The van der Waals surface area contributed by atoms with Gasteiger partial charge in [-0.1, -0.05) is 67.9 Å². The zero-order valence-corrected chi connectivity index (χ0v) is 11.9. The van der Waals surface area contributed by atoms with E-state index in [4.69, 9.17) is 0 Å². The van der Waals surface area contributed by atoms with E-state index in [1.165, 1.54) is 38.5 Å². The van der Waals surface area contributed by atoms with Crippen LogP contribution in [0.25, 0.3) is 0 Å². The van der Waals surface area contributed by atoms with Gasteiger partial charge in [-0.05, 0) is 44.9 Å². The lowest BCUT2D eigenvalue weighted by Crippen LogP contribution is -1.70. The van der Waals surface area contributed by atoms with Crippen molar-refractivity contribution in [2.75, 3.05) is 0 Å². The molecule has 1 aliphatic rings. The molecule has 0 unspecified atom stereocenters. The molecule has 100 valence electrons. The maximum Gasteiger partial charge on any atom is -0.0166 e. The zero-order chi connectivity index (χ0) is 12.9. The van der Waals surface area contributed by atoms with E-state index in [2.05, 4.69) is 49.5 Å².